The number of rotatable bonds is 4. The Morgan fingerprint density at radius 1 is 1.56 bits per heavy atom. The lowest BCUT2D eigenvalue weighted by molar-refractivity contribution is 0.0953. The molecule has 96 valence electrons. The van der Waals surface area contributed by atoms with Gasteiger partial charge in [0.25, 0.3) is 0 Å². The highest BCUT2D eigenvalue weighted by Crippen LogP contribution is 2.28. The molecule has 18 heavy (non-hydrogen) atoms. The lowest BCUT2D eigenvalue weighted by atomic mass is 10.2. The van der Waals surface area contributed by atoms with Crippen LogP contribution in [0.15, 0.2) is 22.7 Å². The van der Waals surface area contributed by atoms with Gasteiger partial charge in [-0.15, -0.1) is 21.5 Å². The van der Waals surface area contributed by atoms with E-state index in [1.807, 2.05) is 12.3 Å². The molecule has 2 aromatic heterocycles. The second kappa shape index (κ2) is 5.42. The van der Waals surface area contributed by atoms with E-state index >= 15 is 0 Å². The van der Waals surface area contributed by atoms with Crippen molar-refractivity contribution in [2.24, 2.45) is 0 Å². The van der Waals surface area contributed by atoms with Crippen molar-refractivity contribution in [3.63, 3.8) is 0 Å². The van der Waals surface area contributed by atoms with E-state index in [0.717, 1.165) is 37.0 Å². The zero-order valence-electron chi connectivity index (χ0n) is 10.2. The molecule has 1 unspecified atom stereocenters. The first-order chi connectivity index (χ1) is 8.88. The molecule has 0 N–H and O–H groups in total. The highest BCUT2D eigenvalue weighted by Gasteiger charge is 2.21. The highest BCUT2D eigenvalue weighted by atomic mass is 32.2. The largest absolute Gasteiger partial charge is 0.376 e. The third kappa shape index (κ3) is 2.32. The number of nitrogens with zero attached hydrogens (tertiary/aromatic N) is 3. The van der Waals surface area contributed by atoms with Gasteiger partial charge in [-0.1, -0.05) is 17.8 Å². The fourth-order valence-corrected chi connectivity index (χ4v) is 3.41. The van der Waals surface area contributed by atoms with Crippen LogP contribution in [0.3, 0.4) is 0 Å². The van der Waals surface area contributed by atoms with Crippen molar-refractivity contribution in [3.8, 4) is 10.7 Å². The van der Waals surface area contributed by atoms with Gasteiger partial charge in [-0.2, -0.15) is 0 Å². The molecule has 1 saturated heterocycles. The van der Waals surface area contributed by atoms with Gasteiger partial charge in [-0.3, -0.25) is 4.57 Å². The number of thiophene rings is 1. The molecule has 1 fully saturated rings. The number of thioether (sulfide) groups is 1. The minimum Gasteiger partial charge on any atom is -0.376 e. The summed E-state index contributed by atoms with van der Waals surface area (Å²) in [6.07, 6.45) is 4.64. The molecule has 0 amide bonds. The van der Waals surface area contributed by atoms with Crippen molar-refractivity contribution in [1.29, 1.82) is 0 Å². The normalized spacial score (nSPS) is 19.5. The van der Waals surface area contributed by atoms with E-state index in [-0.39, 0.29) is 0 Å². The number of hydrogen-bond donors (Lipinski definition) is 0. The van der Waals surface area contributed by atoms with E-state index in [2.05, 4.69) is 26.2 Å². The second-order valence-electron chi connectivity index (χ2n) is 4.23. The Morgan fingerprint density at radius 3 is 3.17 bits per heavy atom. The SMILES string of the molecule is CSc1nnc(-c2cccs2)n1CC1CCCO1. The Kier molecular flexibility index (Phi) is 3.67. The molecule has 4 nitrogen and oxygen atoms in total. The first kappa shape index (κ1) is 12.2. The Hall–Kier alpha value is -0.850. The van der Waals surface area contributed by atoms with Crippen molar-refractivity contribution in [1.82, 2.24) is 14.8 Å². The summed E-state index contributed by atoms with van der Waals surface area (Å²) < 4.78 is 7.90. The maximum absolute atomic E-state index is 5.72. The molecule has 0 aromatic carbocycles. The summed E-state index contributed by atoms with van der Waals surface area (Å²) in [5.41, 5.74) is 0. The summed E-state index contributed by atoms with van der Waals surface area (Å²) >= 11 is 3.33. The van der Waals surface area contributed by atoms with Gasteiger partial charge in [-0.25, -0.2) is 0 Å². The van der Waals surface area contributed by atoms with Crippen LogP contribution in [0.5, 0.6) is 0 Å². The van der Waals surface area contributed by atoms with Crippen LogP contribution in [0.2, 0.25) is 0 Å². The fourth-order valence-electron chi connectivity index (χ4n) is 2.18. The molecule has 0 bridgehead atoms. The lowest BCUT2D eigenvalue weighted by Gasteiger charge is -2.13. The Bertz CT molecular complexity index is 503. The summed E-state index contributed by atoms with van der Waals surface area (Å²) in [7, 11) is 0. The van der Waals surface area contributed by atoms with Crippen LogP contribution < -0.4 is 0 Å². The van der Waals surface area contributed by atoms with Crippen molar-refractivity contribution in [2.45, 2.75) is 30.6 Å². The molecule has 0 saturated carbocycles. The molecule has 0 spiro atoms. The third-order valence-electron chi connectivity index (χ3n) is 3.05. The van der Waals surface area contributed by atoms with Crippen molar-refractivity contribution < 1.29 is 4.74 Å². The van der Waals surface area contributed by atoms with Crippen LogP contribution >= 0.6 is 23.1 Å². The van der Waals surface area contributed by atoms with Gasteiger partial charge in [0.2, 0.25) is 0 Å². The monoisotopic (exact) mass is 281 g/mol. The van der Waals surface area contributed by atoms with Crippen LogP contribution in [0, 0.1) is 0 Å². The Balaban J connectivity index is 1.91. The molecule has 1 atom stereocenters. The van der Waals surface area contributed by atoms with Gasteiger partial charge in [0.1, 0.15) is 0 Å². The third-order valence-corrected chi connectivity index (χ3v) is 4.58. The van der Waals surface area contributed by atoms with E-state index in [1.54, 1.807) is 23.1 Å². The van der Waals surface area contributed by atoms with Crippen LogP contribution in [-0.2, 0) is 11.3 Å². The number of hydrogen-bond acceptors (Lipinski definition) is 5. The molecule has 0 aliphatic carbocycles. The summed E-state index contributed by atoms with van der Waals surface area (Å²) in [6.45, 7) is 1.74. The van der Waals surface area contributed by atoms with Gasteiger partial charge < -0.3 is 4.74 Å². The molecule has 6 heteroatoms. The van der Waals surface area contributed by atoms with Gasteiger partial charge in [0.15, 0.2) is 11.0 Å². The smallest absolute Gasteiger partial charge is 0.191 e. The minimum absolute atomic E-state index is 0.311. The topological polar surface area (TPSA) is 39.9 Å². The Morgan fingerprint density at radius 2 is 2.50 bits per heavy atom. The highest BCUT2D eigenvalue weighted by molar-refractivity contribution is 7.98. The van der Waals surface area contributed by atoms with E-state index < -0.39 is 0 Å². The predicted molar refractivity (Wildman–Crippen MR) is 74.1 cm³/mol. The first-order valence-electron chi connectivity index (χ1n) is 6.01. The number of ether oxygens (including phenoxy) is 1. The Labute approximate surface area is 114 Å². The van der Waals surface area contributed by atoms with Gasteiger partial charge >= 0.3 is 0 Å². The second-order valence-corrected chi connectivity index (χ2v) is 5.95. The molecule has 0 radical (unpaired) electrons. The van der Waals surface area contributed by atoms with Crippen LogP contribution in [0.1, 0.15) is 12.8 Å². The molecule has 3 rings (SSSR count). The molecular weight excluding hydrogens is 266 g/mol. The average Bonchev–Trinajstić information content (AvgIpc) is 3.10. The van der Waals surface area contributed by atoms with Crippen molar-refractivity contribution in [2.75, 3.05) is 12.9 Å². The zero-order valence-corrected chi connectivity index (χ0v) is 11.8. The lowest BCUT2D eigenvalue weighted by Crippen LogP contribution is -2.16. The predicted octanol–water partition coefficient (Wildman–Crippen LogP) is 2.91. The van der Waals surface area contributed by atoms with Crippen molar-refractivity contribution in [3.05, 3.63) is 17.5 Å². The number of aromatic nitrogens is 3. The van der Waals surface area contributed by atoms with E-state index in [9.17, 15) is 0 Å². The van der Waals surface area contributed by atoms with Gasteiger partial charge in [0, 0.05) is 6.61 Å². The van der Waals surface area contributed by atoms with E-state index in [0.29, 0.717) is 6.10 Å². The maximum Gasteiger partial charge on any atom is 0.191 e. The standard InChI is InChI=1S/C12H15N3OS2/c1-17-12-14-13-11(10-5-3-7-18-10)15(12)8-9-4-2-6-16-9/h3,5,7,9H,2,4,6,8H2,1H3. The zero-order chi connectivity index (χ0) is 12.4. The maximum atomic E-state index is 5.72. The quantitative estimate of drug-likeness (QED) is 0.808. The average molecular weight is 281 g/mol. The van der Waals surface area contributed by atoms with Gasteiger partial charge in [0.05, 0.1) is 17.5 Å². The fraction of sp³-hybridized carbons (Fsp3) is 0.500. The molecule has 1 aliphatic heterocycles. The summed E-state index contributed by atoms with van der Waals surface area (Å²) in [4.78, 5) is 1.17. The molecular formula is C12H15N3OS2. The summed E-state index contributed by atoms with van der Waals surface area (Å²) in [6, 6.07) is 4.13. The summed E-state index contributed by atoms with van der Waals surface area (Å²) in [5.74, 6) is 0.963. The van der Waals surface area contributed by atoms with Crippen LogP contribution in [0.25, 0.3) is 10.7 Å². The molecule has 3 heterocycles. The van der Waals surface area contributed by atoms with E-state index in [4.69, 9.17) is 4.74 Å². The van der Waals surface area contributed by atoms with Gasteiger partial charge in [-0.05, 0) is 30.5 Å². The minimum atomic E-state index is 0.311. The van der Waals surface area contributed by atoms with Crippen molar-refractivity contribution >= 4 is 23.1 Å². The van der Waals surface area contributed by atoms with E-state index in [1.165, 1.54) is 4.88 Å². The van der Waals surface area contributed by atoms with Crippen LogP contribution in [-0.4, -0.2) is 33.7 Å². The van der Waals surface area contributed by atoms with Crippen LogP contribution in [0.4, 0.5) is 0 Å². The summed E-state index contributed by atoms with van der Waals surface area (Å²) in [5, 5.41) is 11.6. The molecule has 2 aromatic rings. The molecule has 1 aliphatic rings. The first-order valence-corrected chi connectivity index (χ1v) is 8.11.